The fourth-order valence-electron chi connectivity index (χ4n) is 2.91. The van der Waals surface area contributed by atoms with E-state index in [0.717, 1.165) is 5.56 Å². The van der Waals surface area contributed by atoms with Gasteiger partial charge in [0.2, 0.25) is 0 Å². The lowest BCUT2D eigenvalue weighted by atomic mass is 10.1. The van der Waals surface area contributed by atoms with E-state index in [1.807, 2.05) is 18.2 Å². The van der Waals surface area contributed by atoms with Gasteiger partial charge in [-0.1, -0.05) is 30.3 Å². The Balaban J connectivity index is 1.53. The molecule has 6 nitrogen and oxygen atoms in total. The third-order valence-electron chi connectivity index (χ3n) is 4.27. The highest BCUT2D eigenvalue weighted by Gasteiger charge is 2.12. The molecule has 0 saturated carbocycles. The van der Waals surface area contributed by atoms with Crippen molar-refractivity contribution in [3.63, 3.8) is 0 Å². The molecule has 0 atom stereocenters. The smallest absolute Gasteiger partial charge is 0.257 e. The Labute approximate surface area is 160 Å². The van der Waals surface area contributed by atoms with E-state index in [-0.39, 0.29) is 11.5 Å². The molecule has 0 aliphatic rings. The maximum Gasteiger partial charge on any atom is 0.257 e. The number of anilines is 1. The number of H-pyrrole nitrogens is 1. The first-order valence-corrected chi connectivity index (χ1v) is 8.74. The van der Waals surface area contributed by atoms with Crippen LogP contribution in [0.2, 0.25) is 0 Å². The number of carbonyl (C=O) groups excluding carboxylic acids is 1. The number of carbonyl (C=O) groups is 1. The Kier molecular flexibility index (Phi) is 4.84. The molecule has 28 heavy (non-hydrogen) atoms. The first-order chi connectivity index (χ1) is 13.7. The number of benzene rings is 2. The summed E-state index contributed by atoms with van der Waals surface area (Å²) in [5.74, 6) is 0.324. The van der Waals surface area contributed by atoms with Crippen molar-refractivity contribution in [3.05, 3.63) is 101 Å². The number of pyridine rings is 2. The van der Waals surface area contributed by atoms with E-state index in [9.17, 15) is 9.59 Å². The molecule has 4 aromatic rings. The maximum absolute atomic E-state index is 12.7. The molecule has 0 fully saturated rings. The number of nitrogens with zero attached hydrogens (tertiary/aromatic N) is 1. The summed E-state index contributed by atoms with van der Waals surface area (Å²) in [6, 6.07) is 18.0. The van der Waals surface area contributed by atoms with E-state index in [1.54, 1.807) is 54.9 Å². The molecule has 138 valence electrons. The van der Waals surface area contributed by atoms with Crippen molar-refractivity contribution in [3.8, 4) is 5.75 Å². The summed E-state index contributed by atoms with van der Waals surface area (Å²) >= 11 is 0. The van der Waals surface area contributed by atoms with E-state index in [4.69, 9.17) is 4.74 Å². The Morgan fingerprint density at radius 3 is 2.71 bits per heavy atom. The van der Waals surface area contributed by atoms with Gasteiger partial charge in [-0.05, 0) is 24.3 Å². The van der Waals surface area contributed by atoms with Crippen molar-refractivity contribution in [1.82, 2.24) is 9.97 Å². The summed E-state index contributed by atoms with van der Waals surface area (Å²) in [7, 11) is 0. The molecular formula is C22H17N3O3. The van der Waals surface area contributed by atoms with Gasteiger partial charge in [-0.15, -0.1) is 0 Å². The Morgan fingerprint density at radius 1 is 1.04 bits per heavy atom. The van der Waals surface area contributed by atoms with Crippen LogP contribution < -0.4 is 15.6 Å². The van der Waals surface area contributed by atoms with Crippen LogP contribution in [-0.4, -0.2) is 15.9 Å². The first kappa shape index (κ1) is 17.5. The van der Waals surface area contributed by atoms with Crippen LogP contribution in [-0.2, 0) is 6.61 Å². The third-order valence-corrected chi connectivity index (χ3v) is 4.27. The van der Waals surface area contributed by atoms with E-state index >= 15 is 0 Å². The van der Waals surface area contributed by atoms with Crippen LogP contribution in [0.5, 0.6) is 5.75 Å². The molecule has 4 rings (SSSR count). The lowest BCUT2D eigenvalue weighted by Crippen LogP contribution is -2.16. The molecule has 2 N–H and O–H groups in total. The summed E-state index contributed by atoms with van der Waals surface area (Å²) in [5.41, 5.74) is 1.73. The van der Waals surface area contributed by atoms with Crippen LogP contribution in [0.4, 0.5) is 5.69 Å². The van der Waals surface area contributed by atoms with Gasteiger partial charge in [0.15, 0.2) is 0 Å². The lowest BCUT2D eigenvalue weighted by Gasteiger charge is -2.10. The minimum atomic E-state index is -0.308. The highest BCUT2D eigenvalue weighted by molar-refractivity contribution is 6.12. The van der Waals surface area contributed by atoms with Crippen LogP contribution in [0.25, 0.3) is 10.8 Å². The summed E-state index contributed by atoms with van der Waals surface area (Å²) in [6.07, 6.45) is 4.88. The van der Waals surface area contributed by atoms with Crippen molar-refractivity contribution in [1.29, 1.82) is 0 Å². The largest absolute Gasteiger partial charge is 0.489 e. The number of rotatable bonds is 5. The van der Waals surface area contributed by atoms with E-state index in [0.29, 0.717) is 34.4 Å². The molecule has 0 radical (unpaired) electrons. The zero-order valence-electron chi connectivity index (χ0n) is 14.9. The van der Waals surface area contributed by atoms with Gasteiger partial charge in [-0.2, -0.15) is 0 Å². The second-order valence-electron chi connectivity index (χ2n) is 6.21. The third kappa shape index (κ3) is 3.76. The summed E-state index contributed by atoms with van der Waals surface area (Å²) in [5, 5.41) is 3.94. The molecule has 2 aromatic carbocycles. The van der Waals surface area contributed by atoms with Crippen molar-refractivity contribution >= 4 is 22.4 Å². The Bertz CT molecular complexity index is 1190. The van der Waals surface area contributed by atoms with E-state index in [1.165, 1.54) is 6.20 Å². The number of aromatic amines is 1. The molecule has 1 amide bonds. The molecule has 0 saturated heterocycles. The van der Waals surface area contributed by atoms with Gasteiger partial charge >= 0.3 is 0 Å². The van der Waals surface area contributed by atoms with Crippen LogP contribution in [0, 0.1) is 0 Å². The van der Waals surface area contributed by atoms with Crippen LogP contribution >= 0.6 is 0 Å². The van der Waals surface area contributed by atoms with Gasteiger partial charge < -0.3 is 15.0 Å². The van der Waals surface area contributed by atoms with Gasteiger partial charge in [0.05, 0.1) is 5.56 Å². The SMILES string of the molecule is O=C(Nc1cccc(OCc2cccnc2)c1)c1c[nH]c(=O)c2ccccc12. The summed E-state index contributed by atoms with van der Waals surface area (Å²) in [6.45, 7) is 0.385. The molecular weight excluding hydrogens is 354 g/mol. The van der Waals surface area contributed by atoms with E-state index < -0.39 is 0 Å². The molecule has 2 heterocycles. The maximum atomic E-state index is 12.7. The van der Waals surface area contributed by atoms with Crippen molar-refractivity contribution in [2.45, 2.75) is 6.61 Å². The van der Waals surface area contributed by atoms with Gasteiger partial charge in [0.25, 0.3) is 11.5 Å². The number of hydrogen-bond acceptors (Lipinski definition) is 4. The minimum Gasteiger partial charge on any atom is -0.489 e. The predicted octanol–water partition coefficient (Wildman–Crippen LogP) is 3.75. The zero-order chi connectivity index (χ0) is 19.3. The molecule has 0 unspecified atom stereocenters. The Hall–Kier alpha value is -3.93. The molecule has 2 aromatic heterocycles. The standard InChI is InChI=1S/C22H17N3O3/c26-21-19-9-2-1-8-18(19)20(13-24-21)22(27)25-16-6-3-7-17(11-16)28-14-15-5-4-10-23-12-15/h1-13H,14H2,(H,24,26)(H,25,27). The second kappa shape index (κ2) is 7.75. The summed E-state index contributed by atoms with van der Waals surface area (Å²) in [4.78, 5) is 31.4. The molecule has 0 spiro atoms. The predicted molar refractivity (Wildman–Crippen MR) is 108 cm³/mol. The average molecular weight is 371 g/mol. The minimum absolute atomic E-state index is 0.224. The number of fused-ring (bicyclic) bond motifs is 1. The number of hydrogen-bond donors (Lipinski definition) is 2. The quantitative estimate of drug-likeness (QED) is 0.560. The number of aromatic nitrogens is 2. The Morgan fingerprint density at radius 2 is 1.89 bits per heavy atom. The number of nitrogens with one attached hydrogen (secondary N) is 2. The van der Waals surface area contributed by atoms with Crippen LogP contribution in [0.3, 0.4) is 0 Å². The monoisotopic (exact) mass is 371 g/mol. The number of ether oxygens (including phenoxy) is 1. The van der Waals surface area contributed by atoms with Crippen LogP contribution in [0.1, 0.15) is 15.9 Å². The topological polar surface area (TPSA) is 84.1 Å². The molecule has 0 aliphatic heterocycles. The second-order valence-corrected chi connectivity index (χ2v) is 6.21. The molecule has 0 bridgehead atoms. The first-order valence-electron chi connectivity index (χ1n) is 8.74. The highest BCUT2D eigenvalue weighted by Crippen LogP contribution is 2.21. The average Bonchev–Trinajstić information content (AvgIpc) is 2.74. The van der Waals surface area contributed by atoms with Crippen molar-refractivity contribution in [2.75, 3.05) is 5.32 Å². The number of amides is 1. The summed E-state index contributed by atoms with van der Waals surface area (Å²) < 4.78 is 5.77. The van der Waals surface area contributed by atoms with Gasteiger partial charge in [-0.3, -0.25) is 14.6 Å². The molecule has 0 aliphatic carbocycles. The van der Waals surface area contributed by atoms with E-state index in [2.05, 4.69) is 15.3 Å². The van der Waals surface area contributed by atoms with Gasteiger partial charge in [0.1, 0.15) is 12.4 Å². The molecule has 6 heteroatoms. The fraction of sp³-hybridized carbons (Fsp3) is 0.0455. The zero-order valence-corrected chi connectivity index (χ0v) is 14.9. The van der Waals surface area contributed by atoms with Gasteiger partial charge in [0, 0.05) is 46.7 Å². The fourth-order valence-corrected chi connectivity index (χ4v) is 2.91. The highest BCUT2D eigenvalue weighted by atomic mass is 16.5. The normalized spacial score (nSPS) is 10.6. The van der Waals surface area contributed by atoms with Gasteiger partial charge in [-0.25, -0.2) is 0 Å². The van der Waals surface area contributed by atoms with Crippen molar-refractivity contribution < 1.29 is 9.53 Å². The lowest BCUT2D eigenvalue weighted by molar-refractivity contribution is 0.102. The van der Waals surface area contributed by atoms with Crippen molar-refractivity contribution in [2.24, 2.45) is 0 Å². The van der Waals surface area contributed by atoms with Crippen LogP contribution in [0.15, 0.2) is 84.0 Å².